The summed E-state index contributed by atoms with van der Waals surface area (Å²) >= 11 is 1.38. The van der Waals surface area contributed by atoms with Crippen LogP contribution in [0.3, 0.4) is 0 Å². The topological polar surface area (TPSA) is 119 Å². The van der Waals surface area contributed by atoms with Crippen molar-refractivity contribution < 1.29 is 34.0 Å². The van der Waals surface area contributed by atoms with Gasteiger partial charge in [0, 0.05) is 17.8 Å². The van der Waals surface area contributed by atoms with Gasteiger partial charge in [-0.15, -0.1) is 11.8 Å². The van der Waals surface area contributed by atoms with E-state index in [0.717, 1.165) is 10.5 Å². The molecule has 2 aromatic carbocycles. The molecule has 0 radical (unpaired) electrons. The summed E-state index contributed by atoms with van der Waals surface area (Å²) in [5, 5.41) is 34.1. The highest BCUT2D eigenvalue weighted by Gasteiger charge is 2.38. The van der Waals surface area contributed by atoms with Crippen LogP contribution in [0.2, 0.25) is 0 Å². The zero-order valence-electron chi connectivity index (χ0n) is 22.8. The van der Waals surface area contributed by atoms with Crippen molar-refractivity contribution >= 4 is 29.3 Å². The average molecular weight is 561 g/mol. The Balaban J connectivity index is 1.81. The summed E-state index contributed by atoms with van der Waals surface area (Å²) in [4.78, 5) is 29.2. The molecule has 2 aromatic rings. The van der Waals surface area contributed by atoms with E-state index >= 15 is 0 Å². The molecule has 4 N–H and O–H groups in total. The predicted molar refractivity (Wildman–Crippen MR) is 149 cm³/mol. The van der Waals surface area contributed by atoms with E-state index in [4.69, 9.17) is 4.74 Å². The summed E-state index contributed by atoms with van der Waals surface area (Å²) in [5.41, 5.74) is 1.68. The number of benzene rings is 2. The normalized spacial score (nSPS) is 19.3. The molecular formula is C29H37FN2O6S. The lowest BCUT2D eigenvalue weighted by Gasteiger charge is -2.29. The molecule has 10 heteroatoms. The summed E-state index contributed by atoms with van der Waals surface area (Å²) in [6.07, 6.45) is -3.45. The molecule has 1 heterocycles. The number of aryl methyl sites for hydroxylation is 1. The smallest absolute Gasteiger partial charge is 0.252 e. The number of halogens is 1. The molecule has 0 spiro atoms. The lowest BCUT2D eigenvalue weighted by Crippen LogP contribution is -2.56. The number of carbonyl (C=O) groups is 2. The fourth-order valence-electron chi connectivity index (χ4n) is 4.24. The number of ether oxygens (including phenoxy) is 1. The number of para-hydroxylation sites is 1. The Kier molecular flexibility index (Phi) is 10.3. The number of methoxy groups -OCH3 is 1. The highest BCUT2D eigenvalue weighted by Crippen LogP contribution is 2.35. The molecule has 0 bridgehead atoms. The quantitative estimate of drug-likeness (QED) is 0.348. The van der Waals surface area contributed by atoms with Gasteiger partial charge in [-0.1, -0.05) is 51.1 Å². The SMILES string of the molecule is CO[C@@H](C(=O)NC1CSc2ccccc2N(Cc2cc(C)cc(F)c2)C1=O)[C@H](O)[C@@H](O)[C@H](O)/C=C/C(C)(C)C. The highest BCUT2D eigenvalue weighted by molar-refractivity contribution is 7.99. The zero-order chi connectivity index (χ0) is 28.9. The number of fused-ring (bicyclic) bond motifs is 1. The van der Waals surface area contributed by atoms with Crippen molar-refractivity contribution in [1.82, 2.24) is 5.32 Å². The maximum absolute atomic E-state index is 14.1. The number of nitrogens with one attached hydrogen (secondary N) is 1. The summed E-state index contributed by atoms with van der Waals surface area (Å²) in [5.74, 6) is -1.44. The minimum absolute atomic E-state index is 0.0860. The number of carbonyl (C=O) groups excluding carboxylic acids is 2. The number of amides is 2. The van der Waals surface area contributed by atoms with E-state index in [0.29, 0.717) is 11.3 Å². The van der Waals surface area contributed by atoms with E-state index in [1.807, 2.05) is 32.9 Å². The van der Waals surface area contributed by atoms with Crippen molar-refractivity contribution in [3.63, 3.8) is 0 Å². The lowest BCUT2D eigenvalue weighted by molar-refractivity contribution is -0.150. The van der Waals surface area contributed by atoms with Crippen molar-refractivity contribution in [3.8, 4) is 0 Å². The summed E-state index contributed by atoms with van der Waals surface area (Å²) in [6, 6.07) is 10.9. The molecule has 3 rings (SSSR count). The molecule has 0 aliphatic carbocycles. The van der Waals surface area contributed by atoms with Crippen LogP contribution < -0.4 is 10.2 Å². The van der Waals surface area contributed by atoms with Crippen LogP contribution in [0.25, 0.3) is 0 Å². The highest BCUT2D eigenvalue weighted by atomic mass is 32.2. The molecule has 1 unspecified atom stereocenters. The summed E-state index contributed by atoms with van der Waals surface area (Å²) in [7, 11) is 1.19. The number of hydrogen-bond acceptors (Lipinski definition) is 7. The van der Waals surface area contributed by atoms with Gasteiger partial charge in [0.15, 0.2) is 6.10 Å². The van der Waals surface area contributed by atoms with Crippen LogP contribution in [0.4, 0.5) is 10.1 Å². The van der Waals surface area contributed by atoms with Crippen molar-refractivity contribution in [2.75, 3.05) is 17.8 Å². The first-order chi connectivity index (χ1) is 18.3. The molecular weight excluding hydrogens is 523 g/mol. The number of aliphatic hydroxyl groups is 3. The second kappa shape index (κ2) is 13.1. The van der Waals surface area contributed by atoms with E-state index in [2.05, 4.69) is 5.32 Å². The van der Waals surface area contributed by atoms with Gasteiger partial charge in [-0.3, -0.25) is 9.59 Å². The van der Waals surface area contributed by atoms with Crippen LogP contribution in [-0.4, -0.2) is 70.5 Å². The van der Waals surface area contributed by atoms with Crippen LogP contribution in [-0.2, 0) is 20.9 Å². The minimum atomic E-state index is -1.77. The number of rotatable bonds is 9. The van der Waals surface area contributed by atoms with Gasteiger partial charge in [0.25, 0.3) is 11.8 Å². The van der Waals surface area contributed by atoms with Crippen molar-refractivity contribution in [2.24, 2.45) is 5.41 Å². The number of anilines is 1. The third kappa shape index (κ3) is 8.12. The van der Waals surface area contributed by atoms with Crippen molar-refractivity contribution in [3.05, 3.63) is 71.6 Å². The summed E-state index contributed by atoms with van der Waals surface area (Å²) < 4.78 is 19.3. The van der Waals surface area contributed by atoms with Crippen LogP contribution >= 0.6 is 11.8 Å². The van der Waals surface area contributed by atoms with Gasteiger partial charge in [-0.05, 0) is 47.7 Å². The second-order valence-corrected chi connectivity index (χ2v) is 11.8. The molecule has 2 amide bonds. The molecule has 212 valence electrons. The van der Waals surface area contributed by atoms with Gasteiger partial charge in [0.05, 0.1) is 12.2 Å². The molecule has 39 heavy (non-hydrogen) atoms. The molecule has 0 fully saturated rings. The van der Waals surface area contributed by atoms with Crippen molar-refractivity contribution in [1.29, 1.82) is 0 Å². The van der Waals surface area contributed by atoms with E-state index in [1.165, 1.54) is 42.0 Å². The van der Waals surface area contributed by atoms with Gasteiger partial charge in [-0.2, -0.15) is 0 Å². The Morgan fingerprint density at radius 1 is 1.21 bits per heavy atom. The fourth-order valence-corrected chi connectivity index (χ4v) is 5.32. The number of nitrogens with zero attached hydrogens (tertiary/aromatic N) is 1. The largest absolute Gasteiger partial charge is 0.387 e. The van der Waals surface area contributed by atoms with Crippen LogP contribution in [0, 0.1) is 18.2 Å². The standard InChI is InChI=1S/C29H37FN2O6S/c1-17-12-18(14-19(30)13-17)15-32-21-8-6-7-9-23(21)39-16-20(28(32)37)31-27(36)26(38-5)25(35)24(34)22(33)10-11-29(2,3)4/h6-14,20,22,24-26,33-35H,15-16H2,1-5H3,(H,31,36)/b11-10+/t20?,22-,24+,25-,26-/m1/s1. The Bertz CT molecular complexity index is 1180. The first kappa shape index (κ1) is 30.8. The molecule has 1 aliphatic rings. The van der Waals surface area contributed by atoms with Gasteiger partial charge in [0.2, 0.25) is 0 Å². The first-order valence-corrected chi connectivity index (χ1v) is 13.7. The van der Waals surface area contributed by atoms with E-state index in [9.17, 15) is 29.3 Å². The maximum Gasteiger partial charge on any atom is 0.252 e. The zero-order valence-corrected chi connectivity index (χ0v) is 23.6. The minimum Gasteiger partial charge on any atom is -0.387 e. The number of hydrogen-bond donors (Lipinski definition) is 4. The van der Waals surface area contributed by atoms with Crippen LogP contribution in [0.1, 0.15) is 31.9 Å². The monoisotopic (exact) mass is 560 g/mol. The molecule has 1 aliphatic heterocycles. The Morgan fingerprint density at radius 3 is 2.54 bits per heavy atom. The summed E-state index contributed by atoms with van der Waals surface area (Å²) in [6.45, 7) is 7.57. The number of allylic oxidation sites excluding steroid dienone is 1. The predicted octanol–water partition coefficient (Wildman–Crippen LogP) is 2.96. The van der Waals surface area contributed by atoms with Crippen molar-refractivity contribution in [2.45, 2.75) is 69.6 Å². The molecule has 8 nitrogen and oxygen atoms in total. The fraction of sp³-hybridized carbons (Fsp3) is 0.448. The molecule has 0 saturated heterocycles. The van der Waals surface area contributed by atoms with Crippen LogP contribution in [0.5, 0.6) is 0 Å². The van der Waals surface area contributed by atoms with Crippen LogP contribution in [0.15, 0.2) is 59.5 Å². The Labute approximate surface area is 232 Å². The Hall–Kier alpha value is -2.76. The van der Waals surface area contributed by atoms with Gasteiger partial charge in [0.1, 0.15) is 30.2 Å². The second-order valence-electron chi connectivity index (χ2n) is 10.8. The third-order valence-corrected chi connectivity index (χ3v) is 7.36. The number of aliphatic hydroxyl groups excluding tert-OH is 3. The van der Waals surface area contributed by atoms with Gasteiger partial charge < -0.3 is 30.3 Å². The number of thioether (sulfide) groups is 1. The van der Waals surface area contributed by atoms with E-state index < -0.39 is 48.1 Å². The van der Waals surface area contributed by atoms with Gasteiger partial charge in [-0.25, -0.2) is 4.39 Å². The lowest BCUT2D eigenvalue weighted by atomic mass is 9.94. The maximum atomic E-state index is 14.1. The first-order valence-electron chi connectivity index (χ1n) is 12.7. The molecule has 5 atom stereocenters. The average Bonchev–Trinajstić information content (AvgIpc) is 2.98. The third-order valence-electron chi connectivity index (χ3n) is 6.20. The molecule has 0 aromatic heterocycles. The van der Waals surface area contributed by atoms with E-state index in [-0.39, 0.29) is 17.7 Å². The van der Waals surface area contributed by atoms with E-state index in [1.54, 1.807) is 31.2 Å². The Morgan fingerprint density at radius 2 is 1.90 bits per heavy atom. The van der Waals surface area contributed by atoms with Gasteiger partial charge >= 0.3 is 0 Å². The molecule has 0 saturated carbocycles.